The Balaban J connectivity index is 0.000000247. The van der Waals surface area contributed by atoms with E-state index in [2.05, 4.69) is 13.3 Å². The molecule has 0 bridgehead atoms. The maximum atomic E-state index is 10.3. The highest BCUT2D eigenvalue weighted by atomic mass is 31.1. The Hall–Kier alpha value is -0.0200. The van der Waals surface area contributed by atoms with Crippen LogP contribution in [-0.2, 0) is 14.3 Å². The predicted octanol–water partition coefficient (Wildman–Crippen LogP) is 1.45. The molecular formula is C12H25O4P. The van der Waals surface area contributed by atoms with Crippen LogP contribution in [0.25, 0.3) is 0 Å². The lowest BCUT2D eigenvalue weighted by Crippen LogP contribution is -2.21. The van der Waals surface area contributed by atoms with Crippen molar-refractivity contribution in [1.29, 1.82) is 0 Å². The molecule has 5 heteroatoms. The number of aliphatic hydroxyl groups excluding tert-OH is 1. The van der Waals surface area contributed by atoms with Crippen molar-refractivity contribution in [3.05, 3.63) is 0 Å². The average Bonchev–Trinajstić information content (AvgIpc) is 2.33. The number of hydrogen-bond donors (Lipinski definition) is 1. The summed E-state index contributed by atoms with van der Waals surface area (Å²) in [4.78, 5) is 10.3. The number of rotatable bonds is 0. The van der Waals surface area contributed by atoms with Crippen molar-refractivity contribution in [2.75, 3.05) is 39.8 Å². The quantitative estimate of drug-likeness (QED) is 0.673. The summed E-state index contributed by atoms with van der Waals surface area (Å²) >= 11 is 0. The van der Waals surface area contributed by atoms with Crippen molar-refractivity contribution in [2.24, 2.45) is 0 Å². The molecule has 1 N–H and O–H groups in total. The Kier molecular flexibility index (Phi) is 12.4. The van der Waals surface area contributed by atoms with Gasteiger partial charge in [0.25, 0.3) is 0 Å². The smallest absolute Gasteiger partial charge is 0.158 e. The van der Waals surface area contributed by atoms with E-state index in [9.17, 15) is 4.79 Å². The van der Waals surface area contributed by atoms with Gasteiger partial charge in [-0.15, -0.1) is 8.58 Å². The van der Waals surface area contributed by atoms with Gasteiger partial charge in [0.05, 0.1) is 12.7 Å². The van der Waals surface area contributed by atoms with Crippen molar-refractivity contribution in [3.8, 4) is 0 Å². The third kappa shape index (κ3) is 12.2. The lowest BCUT2D eigenvalue weighted by Gasteiger charge is -2.15. The van der Waals surface area contributed by atoms with Gasteiger partial charge < -0.3 is 14.6 Å². The fourth-order valence-corrected chi connectivity index (χ4v) is 1.35. The first-order valence-corrected chi connectivity index (χ1v) is 8.14. The van der Waals surface area contributed by atoms with Crippen molar-refractivity contribution in [2.45, 2.75) is 31.8 Å². The van der Waals surface area contributed by atoms with Gasteiger partial charge in [0, 0.05) is 19.6 Å². The molecule has 0 spiro atoms. The predicted molar refractivity (Wildman–Crippen MR) is 71.3 cm³/mol. The number of Topliss-reactive ketones (excluding diaryl/α,β-unsaturated/α-hetero) is 1. The number of carbonyl (C=O) groups excluding carboxylic acids is 1. The fourth-order valence-electron chi connectivity index (χ4n) is 1.35. The van der Waals surface area contributed by atoms with Crippen LogP contribution in [0.15, 0.2) is 0 Å². The zero-order valence-corrected chi connectivity index (χ0v) is 11.9. The second-order valence-corrected chi connectivity index (χ2v) is 5.07. The van der Waals surface area contributed by atoms with E-state index < -0.39 is 0 Å². The highest BCUT2D eigenvalue weighted by molar-refractivity contribution is 7.35. The molecule has 0 aliphatic carbocycles. The highest BCUT2D eigenvalue weighted by Gasteiger charge is 2.08. The molecule has 2 heterocycles. The first kappa shape index (κ1) is 17.0. The molecule has 17 heavy (non-hydrogen) atoms. The fraction of sp³-hybridized carbons (Fsp3) is 0.917. The van der Waals surface area contributed by atoms with E-state index in [0.29, 0.717) is 13.2 Å². The molecule has 2 fully saturated rings. The summed E-state index contributed by atoms with van der Waals surface area (Å²) in [5, 5.41) is 8.78. The van der Waals surface area contributed by atoms with Crippen molar-refractivity contribution in [1.82, 2.24) is 0 Å². The van der Waals surface area contributed by atoms with E-state index in [-0.39, 0.29) is 11.9 Å². The van der Waals surface area contributed by atoms with E-state index >= 15 is 0 Å². The normalized spacial score (nSPS) is 23.9. The van der Waals surface area contributed by atoms with Gasteiger partial charge in [-0.2, -0.15) is 0 Å². The molecule has 0 aromatic rings. The summed E-state index contributed by atoms with van der Waals surface area (Å²) in [5.41, 5.74) is 0. The van der Waals surface area contributed by atoms with E-state index in [1.165, 1.54) is 0 Å². The summed E-state index contributed by atoms with van der Waals surface area (Å²) in [6.45, 7) is 6.79. The summed E-state index contributed by atoms with van der Waals surface area (Å²) in [6, 6.07) is 0. The molecule has 1 unspecified atom stereocenters. The van der Waals surface area contributed by atoms with Crippen LogP contribution in [0.4, 0.5) is 0 Å². The molecule has 102 valence electrons. The van der Waals surface area contributed by atoms with Crippen LogP contribution in [0.3, 0.4) is 0 Å². The zero-order valence-electron chi connectivity index (χ0n) is 10.9. The summed E-state index contributed by atoms with van der Waals surface area (Å²) in [5.74, 6) is 0.242. The number of ketones is 1. The van der Waals surface area contributed by atoms with E-state index in [4.69, 9.17) is 14.6 Å². The molecule has 0 aromatic carbocycles. The lowest BCUT2D eigenvalue weighted by atomic mass is 10.2. The van der Waals surface area contributed by atoms with Crippen LogP contribution in [0.1, 0.15) is 25.7 Å². The second-order valence-electron chi connectivity index (χ2n) is 4.07. The molecule has 0 saturated carbocycles. The number of carbonyl (C=O) groups is 1. The van der Waals surface area contributed by atoms with E-state index in [1.54, 1.807) is 0 Å². The first-order valence-electron chi connectivity index (χ1n) is 6.14. The molecule has 0 aromatic heterocycles. The molecule has 4 nitrogen and oxygen atoms in total. The molecule has 0 radical (unpaired) electrons. The van der Waals surface area contributed by atoms with Crippen LogP contribution in [0, 0.1) is 0 Å². The Bertz CT molecular complexity index is 173. The Labute approximate surface area is 106 Å². The van der Waals surface area contributed by atoms with Gasteiger partial charge in [0.15, 0.2) is 5.78 Å². The average molecular weight is 264 g/mol. The van der Waals surface area contributed by atoms with E-state index in [0.717, 1.165) is 47.5 Å². The van der Waals surface area contributed by atoms with Gasteiger partial charge in [0.1, 0.15) is 6.61 Å². The standard InChI is InChI=1S/C5H10O2.C5H8O2.C2H7P/c2*6-5-2-1-3-7-4-5;1-3-2/h5-6H,1-4H2;1-4H2;3H,1-2H3. The maximum absolute atomic E-state index is 10.3. The topological polar surface area (TPSA) is 55.8 Å². The summed E-state index contributed by atoms with van der Waals surface area (Å²) < 4.78 is 9.76. The van der Waals surface area contributed by atoms with Crippen LogP contribution in [0.5, 0.6) is 0 Å². The van der Waals surface area contributed by atoms with E-state index in [1.807, 2.05) is 0 Å². The Morgan fingerprint density at radius 3 is 2.12 bits per heavy atom. The van der Waals surface area contributed by atoms with Crippen LogP contribution < -0.4 is 0 Å². The van der Waals surface area contributed by atoms with Gasteiger partial charge in [-0.1, -0.05) is 0 Å². The summed E-state index contributed by atoms with van der Waals surface area (Å²) in [6.07, 6.45) is 3.38. The Morgan fingerprint density at radius 1 is 1.24 bits per heavy atom. The highest BCUT2D eigenvalue weighted by Crippen LogP contribution is 2.03. The molecular weight excluding hydrogens is 239 g/mol. The number of hydrogen-bond acceptors (Lipinski definition) is 4. The van der Waals surface area contributed by atoms with Gasteiger partial charge in [0.2, 0.25) is 0 Å². The lowest BCUT2D eigenvalue weighted by molar-refractivity contribution is -0.126. The second kappa shape index (κ2) is 12.4. The third-order valence-corrected chi connectivity index (χ3v) is 2.14. The van der Waals surface area contributed by atoms with Gasteiger partial charge in [-0.25, -0.2) is 0 Å². The van der Waals surface area contributed by atoms with Crippen molar-refractivity contribution >= 4 is 14.4 Å². The minimum Gasteiger partial charge on any atom is -0.391 e. The van der Waals surface area contributed by atoms with Gasteiger partial charge in [-0.3, -0.25) is 4.79 Å². The van der Waals surface area contributed by atoms with Crippen LogP contribution in [-0.4, -0.2) is 56.8 Å². The largest absolute Gasteiger partial charge is 0.391 e. The zero-order chi connectivity index (χ0) is 12.9. The SMILES string of the molecule is CPC.O=C1CCCOC1.OC1CCCOC1. The molecule has 2 saturated heterocycles. The molecule has 0 amide bonds. The minimum atomic E-state index is -0.186. The molecule has 2 aliphatic heterocycles. The maximum Gasteiger partial charge on any atom is 0.158 e. The van der Waals surface area contributed by atoms with Crippen LogP contribution in [0.2, 0.25) is 0 Å². The number of aliphatic hydroxyl groups is 1. The molecule has 2 rings (SSSR count). The number of ether oxygens (including phenoxy) is 2. The van der Waals surface area contributed by atoms with Gasteiger partial charge in [-0.05, 0) is 32.6 Å². The monoisotopic (exact) mass is 264 g/mol. The van der Waals surface area contributed by atoms with Crippen molar-refractivity contribution < 1.29 is 19.4 Å². The minimum absolute atomic E-state index is 0.186. The third-order valence-electron chi connectivity index (χ3n) is 2.14. The summed E-state index contributed by atoms with van der Waals surface area (Å²) in [7, 11) is 1.08. The first-order chi connectivity index (χ1) is 8.20. The molecule has 1 atom stereocenters. The Morgan fingerprint density at radius 2 is 1.88 bits per heavy atom. The van der Waals surface area contributed by atoms with Crippen LogP contribution >= 0.6 is 8.58 Å². The van der Waals surface area contributed by atoms with Gasteiger partial charge >= 0.3 is 0 Å². The van der Waals surface area contributed by atoms with Crippen molar-refractivity contribution in [3.63, 3.8) is 0 Å². The molecule has 2 aliphatic rings.